The molecule has 25 heavy (non-hydrogen) atoms. The fourth-order valence-corrected chi connectivity index (χ4v) is 3.17. The van der Waals surface area contributed by atoms with Crippen LogP contribution in [0.15, 0.2) is 84.9 Å². The molecule has 4 aromatic rings. The molecule has 5 heteroatoms. The van der Waals surface area contributed by atoms with Crippen molar-refractivity contribution in [2.24, 2.45) is 0 Å². The van der Waals surface area contributed by atoms with Crippen molar-refractivity contribution in [2.75, 3.05) is 0 Å². The Morgan fingerprint density at radius 1 is 0.720 bits per heavy atom. The van der Waals surface area contributed by atoms with Crippen molar-refractivity contribution in [2.45, 2.75) is 0 Å². The molecule has 0 aliphatic rings. The highest BCUT2D eigenvalue weighted by Crippen LogP contribution is 2.25. The van der Waals surface area contributed by atoms with Gasteiger partial charge in [-0.1, -0.05) is 60.1 Å². The van der Waals surface area contributed by atoms with Gasteiger partial charge in [-0.2, -0.15) is 0 Å². The fraction of sp³-hybridized carbons (Fsp3) is 0. The van der Waals surface area contributed by atoms with Gasteiger partial charge in [-0.3, -0.25) is 4.57 Å². The van der Waals surface area contributed by atoms with E-state index in [0.29, 0.717) is 9.79 Å². The average molecular weight is 364 g/mol. The third-order valence-corrected chi connectivity index (χ3v) is 4.50. The van der Waals surface area contributed by atoms with Gasteiger partial charge in [0.05, 0.1) is 11.4 Å². The Morgan fingerprint density at radius 2 is 1.32 bits per heavy atom. The molecule has 3 nitrogen and oxygen atoms in total. The van der Waals surface area contributed by atoms with Gasteiger partial charge >= 0.3 is 0 Å². The molecule has 0 radical (unpaired) electrons. The summed E-state index contributed by atoms with van der Waals surface area (Å²) < 4.78 is 4.35. The van der Waals surface area contributed by atoms with E-state index in [1.807, 2.05) is 89.5 Å². The minimum atomic E-state index is 0.604. The van der Waals surface area contributed by atoms with E-state index in [0.717, 1.165) is 22.8 Å². The highest BCUT2D eigenvalue weighted by Gasteiger charge is 2.15. The van der Waals surface area contributed by atoms with E-state index < -0.39 is 0 Å². The molecule has 0 unspecified atom stereocenters. The van der Waals surface area contributed by atoms with E-state index in [1.165, 1.54) is 0 Å². The molecule has 0 N–H and O–H groups in total. The van der Waals surface area contributed by atoms with Crippen LogP contribution in [0.4, 0.5) is 0 Å². The number of hydrogen-bond acceptors (Lipinski definition) is 2. The highest BCUT2D eigenvalue weighted by atomic mass is 35.5. The Hall–Kier alpha value is -2.69. The Kier molecular flexibility index (Phi) is 4.22. The van der Waals surface area contributed by atoms with Gasteiger partial charge in [0, 0.05) is 10.6 Å². The van der Waals surface area contributed by atoms with Crippen molar-refractivity contribution >= 4 is 23.8 Å². The van der Waals surface area contributed by atoms with Gasteiger partial charge in [0.1, 0.15) is 0 Å². The lowest BCUT2D eigenvalue weighted by Crippen LogP contribution is -1.99. The molecule has 0 bridgehead atoms. The van der Waals surface area contributed by atoms with Crippen LogP contribution in [0.5, 0.6) is 0 Å². The predicted octanol–water partition coefficient (Wildman–Crippen LogP) is 5.71. The zero-order chi connectivity index (χ0) is 17.2. The van der Waals surface area contributed by atoms with E-state index in [9.17, 15) is 0 Å². The van der Waals surface area contributed by atoms with E-state index in [2.05, 4.69) is 0 Å². The van der Waals surface area contributed by atoms with E-state index in [4.69, 9.17) is 28.9 Å². The van der Waals surface area contributed by atoms with Crippen LogP contribution in [0, 0.1) is 4.77 Å². The van der Waals surface area contributed by atoms with Crippen LogP contribution in [0.1, 0.15) is 0 Å². The Morgan fingerprint density at radius 3 is 1.96 bits per heavy atom. The lowest BCUT2D eigenvalue weighted by atomic mass is 10.2. The molecule has 0 aliphatic heterocycles. The first kappa shape index (κ1) is 15.8. The molecule has 0 saturated heterocycles. The summed E-state index contributed by atoms with van der Waals surface area (Å²) >= 11 is 11.8. The molecule has 1 heterocycles. The first-order valence-electron chi connectivity index (χ1n) is 7.83. The maximum absolute atomic E-state index is 6.04. The van der Waals surface area contributed by atoms with Crippen LogP contribution < -0.4 is 0 Å². The third kappa shape index (κ3) is 3.02. The molecule has 3 aromatic carbocycles. The van der Waals surface area contributed by atoms with Crippen molar-refractivity contribution in [1.82, 2.24) is 14.3 Å². The summed E-state index contributed by atoms with van der Waals surface area (Å²) in [6, 6.07) is 27.5. The van der Waals surface area contributed by atoms with Gasteiger partial charge < -0.3 is 0 Å². The van der Waals surface area contributed by atoms with E-state index >= 15 is 0 Å². The highest BCUT2D eigenvalue weighted by molar-refractivity contribution is 7.71. The normalized spacial score (nSPS) is 10.8. The topological polar surface area (TPSA) is 22.8 Å². The lowest BCUT2D eigenvalue weighted by Gasteiger charge is -2.06. The fourth-order valence-electron chi connectivity index (χ4n) is 2.70. The predicted molar refractivity (Wildman–Crippen MR) is 104 cm³/mol. The lowest BCUT2D eigenvalue weighted by molar-refractivity contribution is 0.860. The van der Waals surface area contributed by atoms with Crippen molar-refractivity contribution < 1.29 is 0 Å². The average Bonchev–Trinajstić information content (AvgIpc) is 3.01. The monoisotopic (exact) mass is 363 g/mol. The summed E-state index contributed by atoms with van der Waals surface area (Å²) in [5.41, 5.74) is 2.85. The molecule has 0 spiro atoms. The third-order valence-electron chi connectivity index (χ3n) is 3.90. The molecular formula is C20H14ClN3S. The minimum absolute atomic E-state index is 0.604. The van der Waals surface area contributed by atoms with Crippen LogP contribution in [-0.4, -0.2) is 14.3 Å². The number of hydrogen-bond donors (Lipinski definition) is 0. The van der Waals surface area contributed by atoms with Crippen LogP contribution in [-0.2, 0) is 0 Å². The van der Waals surface area contributed by atoms with Crippen molar-refractivity contribution in [3.8, 4) is 22.8 Å². The molecule has 0 amide bonds. The molecular weight excluding hydrogens is 350 g/mol. The second-order valence-electron chi connectivity index (χ2n) is 5.53. The maximum Gasteiger partial charge on any atom is 0.207 e. The first-order valence-corrected chi connectivity index (χ1v) is 8.61. The van der Waals surface area contributed by atoms with Gasteiger partial charge in [0.2, 0.25) is 4.77 Å². The molecule has 4 rings (SSSR count). The Bertz CT molecular complexity index is 1050. The summed E-state index contributed by atoms with van der Waals surface area (Å²) in [6.07, 6.45) is 0. The van der Waals surface area contributed by atoms with E-state index in [-0.39, 0.29) is 0 Å². The molecule has 0 fully saturated rings. The van der Waals surface area contributed by atoms with Gasteiger partial charge in [-0.25, -0.2) is 4.68 Å². The summed E-state index contributed by atoms with van der Waals surface area (Å²) in [5, 5.41) is 5.48. The zero-order valence-electron chi connectivity index (χ0n) is 13.2. The minimum Gasteiger partial charge on any atom is -0.268 e. The quantitative estimate of drug-likeness (QED) is 0.435. The molecule has 0 atom stereocenters. The van der Waals surface area contributed by atoms with Gasteiger partial charge in [0.15, 0.2) is 5.82 Å². The smallest absolute Gasteiger partial charge is 0.207 e. The summed E-state index contributed by atoms with van der Waals surface area (Å²) in [5.74, 6) is 0.789. The largest absolute Gasteiger partial charge is 0.268 e. The Labute approximate surface area is 155 Å². The van der Waals surface area contributed by atoms with Crippen LogP contribution in [0.25, 0.3) is 22.8 Å². The second-order valence-corrected chi connectivity index (χ2v) is 6.33. The Balaban J connectivity index is 1.99. The van der Waals surface area contributed by atoms with Gasteiger partial charge in [0.25, 0.3) is 0 Å². The molecule has 0 aliphatic carbocycles. The maximum atomic E-state index is 6.04. The summed E-state index contributed by atoms with van der Waals surface area (Å²) in [6.45, 7) is 0. The molecule has 0 saturated carbocycles. The number of nitrogens with zero attached hydrogens (tertiary/aromatic N) is 3. The SMILES string of the molecule is S=c1n(-c2ccccc2)nc(-c2ccccc2)n1-c1ccc(Cl)cc1. The van der Waals surface area contributed by atoms with E-state index in [1.54, 1.807) is 4.68 Å². The van der Waals surface area contributed by atoms with Crippen molar-refractivity contribution in [3.63, 3.8) is 0 Å². The first-order chi connectivity index (χ1) is 12.2. The number of rotatable bonds is 3. The molecule has 122 valence electrons. The zero-order valence-corrected chi connectivity index (χ0v) is 14.8. The standard InChI is InChI=1S/C20H14ClN3S/c21-16-11-13-17(14-12-16)23-19(15-7-3-1-4-8-15)22-24(20(23)25)18-9-5-2-6-10-18/h1-14H. The number of aromatic nitrogens is 3. The van der Waals surface area contributed by atoms with Gasteiger partial charge in [-0.15, -0.1) is 5.10 Å². The van der Waals surface area contributed by atoms with Crippen LogP contribution in [0.2, 0.25) is 5.02 Å². The number of halogens is 1. The van der Waals surface area contributed by atoms with Crippen molar-refractivity contribution in [1.29, 1.82) is 0 Å². The second kappa shape index (κ2) is 6.67. The van der Waals surface area contributed by atoms with Crippen LogP contribution >= 0.6 is 23.8 Å². The summed E-state index contributed by atoms with van der Waals surface area (Å²) in [4.78, 5) is 0. The van der Waals surface area contributed by atoms with Crippen LogP contribution in [0.3, 0.4) is 0 Å². The van der Waals surface area contributed by atoms with Gasteiger partial charge in [-0.05, 0) is 48.6 Å². The number of para-hydroxylation sites is 1. The molecule has 1 aromatic heterocycles. The van der Waals surface area contributed by atoms with Crippen molar-refractivity contribution in [3.05, 3.63) is 94.7 Å². The summed E-state index contributed by atoms with van der Waals surface area (Å²) in [7, 11) is 0. The number of benzene rings is 3.